The fraction of sp³-hybridized carbons (Fsp3) is 0.438. The normalized spacial score (nSPS) is 25.6. The van der Waals surface area contributed by atoms with Crippen LogP contribution in [0.15, 0.2) is 36.0 Å². The Bertz CT molecular complexity index is 661. The zero-order valence-electron chi connectivity index (χ0n) is 13.7. The first-order chi connectivity index (χ1) is 10.5. The van der Waals surface area contributed by atoms with Crippen molar-refractivity contribution in [1.29, 1.82) is 0 Å². The maximum Gasteiger partial charge on any atom is 0.265 e. The van der Waals surface area contributed by atoms with Crippen molar-refractivity contribution in [2.45, 2.75) is 38.8 Å². The molecular weight excluding hydrogens is 314 g/mol. The number of carbonyl (C=O) groups excluding carboxylic acids is 2. The SMILES string of the molecule is C=CCN1C(=O)C(=CC2=CC(C)(C)N(O)C2(C)C)C(=O)NC1=S. The van der Waals surface area contributed by atoms with Crippen molar-refractivity contribution < 1.29 is 14.8 Å². The topological polar surface area (TPSA) is 72.9 Å². The summed E-state index contributed by atoms with van der Waals surface area (Å²) < 4.78 is 0. The number of nitrogens with zero attached hydrogens (tertiary/aromatic N) is 2. The molecule has 0 bridgehead atoms. The second-order valence-electron chi connectivity index (χ2n) is 6.65. The molecule has 0 aromatic heterocycles. The minimum absolute atomic E-state index is 0.00845. The fourth-order valence-electron chi connectivity index (χ4n) is 2.82. The summed E-state index contributed by atoms with van der Waals surface area (Å²) in [6, 6.07) is 0. The first-order valence-electron chi connectivity index (χ1n) is 7.24. The zero-order valence-corrected chi connectivity index (χ0v) is 14.5. The summed E-state index contributed by atoms with van der Waals surface area (Å²) in [5, 5.41) is 14.1. The quantitative estimate of drug-likeness (QED) is 0.354. The van der Waals surface area contributed by atoms with Gasteiger partial charge in [0.15, 0.2) is 5.11 Å². The highest BCUT2D eigenvalue weighted by Gasteiger charge is 2.45. The van der Waals surface area contributed by atoms with Crippen LogP contribution in [0.25, 0.3) is 0 Å². The van der Waals surface area contributed by atoms with E-state index < -0.39 is 22.9 Å². The number of hydroxylamine groups is 2. The number of nitrogens with one attached hydrogen (secondary N) is 1. The lowest BCUT2D eigenvalue weighted by atomic mass is 9.93. The van der Waals surface area contributed by atoms with Crippen LogP contribution in [0.1, 0.15) is 27.7 Å². The van der Waals surface area contributed by atoms with Crippen molar-refractivity contribution in [2.24, 2.45) is 0 Å². The van der Waals surface area contributed by atoms with Crippen LogP contribution in [0, 0.1) is 0 Å². The minimum Gasteiger partial charge on any atom is -0.312 e. The Labute approximate surface area is 141 Å². The third-order valence-electron chi connectivity index (χ3n) is 4.09. The molecule has 2 heterocycles. The molecule has 0 unspecified atom stereocenters. The van der Waals surface area contributed by atoms with E-state index in [0.717, 1.165) is 0 Å². The highest BCUT2D eigenvalue weighted by atomic mass is 32.1. The van der Waals surface area contributed by atoms with Crippen LogP contribution >= 0.6 is 12.2 Å². The second kappa shape index (κ2) is 5.67. The molecule has 0 spiro atoms. The molecule has 2 amide bonds. The monoisotopic (exact) mass is 335 g/mol. The van der Waals surface area contributed by atoms with Gasteiger partial charge in [0, 0.05) is 6.54 Å². The van der Waals surface area contributed by atoms with Gasteiger partial charge >= 0.3 is 0 Å². The van der Waals surface area contributed by atoms with E-state index in [4.69, 9.17) is 12.2 Å². The molecule has 0 radical (unpaired) electrons. The lowest BCUT2D eigenvalue weighted by Crippen LogP contribution is -2.54. The highest BCUT2D eigenvalue weighted by molar-refractivity contribution is 7.80. The maximum absolute atomic E-state index is 12.5. The molecule has 2 rings (SSSR count). The van der Waals surface area contributed by atoms with Gasteiger partial charge in [-0.1, -0.05) is 12.2 Å². The molecule has 1 fully saturated rings. The summed E-state index contributed by atoms with van der Waals surface area (Å²) in [6.07, 6.45) is 4.90. The number of hydrogen-bond donors (Lipinski definition) is 2. The minimum atomic E-state index is -0.724. The van der Waals surface area contributed by atoms with Gasteiger partial charge < -0.3 is 5.21 Å². The average Bonchev–Trinajstić information content (AvgIpc) is 2.59. The predicted octanol–water partition coefficient (Wildman–Crippen LogP) is 1.53. The molecular formula is C16H21N3O3S. The molecule has 1 saturated heterocycles. The molecule has 0 saturated carbocycles. The molecule has 0 aromatic carbocycles. The van der Waals surface area contributed by atoms with Gasteiger partial charge in [0.05, 0.1) is 11.1 Å². The lowest BCUT2D eigenvalue weighted by Gasteiger charge is -2.36. The van der Waals surface area contributed by atoms with Crippen molar-refractivity contribution in [1.82, 2.24) is 15.3 Å². The number of amides is 2. The van der Waals surface area contributed by atoms with Gasteiger partial charge in [0.1, 0.15) is 5.57 Å². The molecule has 0 aliphatic carbocycles. The summed E-state index contributed by atoms with van der Waals surface area (Å²) in [5.41, 5.74) is -0.640. The molecule has 6 nitrogen and oxygen atoms in total. The van der Waals surface area contributed by atoms with Crippen LogP contribution in [-0.2, 0) is 9.59 Å². The standard InChI is InChI=1S/C16H21N3O3S/c1-6-7-18-13(21)11(12(20)17-14(18)23)8-10-9-15(2,3)19(22)16(10,4)5/h6,8-9,22H,1,7H2,2-5H3,(H,17,20,23). The Morgan fingerprint density at radius 1 is 1.35 bits per heavy atom. The Morgan fingerprint density at radius 2 is 1.96 bits per heavy atom. The van der Waals surface area contributed by atoms with Crippen LogP contribution < -0.4 is 5.32 Å². The van der Waals surface area contributed by atoms with E-state index in [2.05, 4.69) is 11.9 Å². The Hall–Kier alpha value is -1.83. The Balaban J connectivity index is 2.45. The van der Waals surface area contributed by atoms with Gasteiger partial charge in [0.25, 0.3) is 11.8 Å². The Morgan fingerprint density at radius 3 is 2.43 bits per heavy atom. The average molecular weight is 335 g/mol. The van der Waals surface area contributed by atoms with Gasteiger partial charge in [0.2, 0.25) is 0 Å². The molecule has 124 valence electrons. The van der Waals surface area contributed by atoms with E-state index in [-0.39, 0.29) is 17.2 Å². The molecule has 2 N–H and O–H groups in total. The lowest BCUT2D eigenvalue weighted by molar-refractivity contribution is -0.184. The van der Waals surface area contributed by atoms with E-state index in [1.807, 2.05) is 33.8 Å². The fourth-order valence-corrected chi connectivity index (χ4v) is 3.07. The van der Waals surface area contributed by atoms with Crippen LogP contribution in [0.4, 0.5) is 0 Å². The third kappa shape index (κ3) is 2.87. The van der Waals surface area contributed by atoms with Crippen molar-refractivity contribution in [2.75, 3.05) is 6.54 Å². The second-order valence-corrected chi connectivity index (χ2v) is 7.03. The van der Waals surface area contributed by atoms with E-state index in [1.54, 1.807) is 0 Å². The van der Waals surface area contributed by atoms with Crippen molar-refractivity contribution in [3.63, 3.8) is 0 Å². The van der Waals surface area contributed by atoms with Gasteiger partial charge in [-0.05, 0) is 51.6 Å². The molecule has 0 aromatic rings. The van der Waals surface area contributed by atoms with Gasteiger partial charge in [-0.2, -0.15) is 5.06 Å². The van der Waals surface area contributed by atoms with Gasteiger partial charge in [-0.15, -0.1) is 6.58 Å². The van der Waals surface area contributed by atoms with E-state index in [0.29, 0.717) is 5.57 Å². The zero-order chi connectivity index (χ0) is 17.6. The number of rotatable bonds is 3. The Kier molecular flexibility index (Phi) is 4.32. The summed E-state index contributed by atoms with van der Waals surface area (Å²) in [5.74, 6) is -1.00. The van der Waals surface area contributed by atoms with Crippen molar-refractivity contribution in [3.8, 4) is 0 Å². The first kappa shape index (κ1) is 17.5. The van der Waals surface area contributed by atoms with Crippen LogP contribution in [0.5, 0.6) is 0 Å². The smallest absolute Gasteiger partial charge is 0.265 e. The summed E-state index contributed by atoms with van der Waals surface area (Å²) >= 11 is 5.02. The molecule has 2 aliphatic rings. The van der Waals surface area contributed by atoms with E-state index in [9.17, 15) is 14.8 Å². The number of hydrogen-bond acceptors (Lipinski definition) is 5. The third-order valence-corrected chi connectivity index (χ3v) is 4.41. The van der Waals surface area contributed by atoms with Crippen LogP contribution in [0.2, 0.25) is 0 Å². The number of carbonyl (C=O) groups is 2. The molecule has 7 heteroatoms. The largest absolute Gasteiger partial charge is 0.312 e. The molecule has 23 heavy (non-hydrogen) atoms. The molecule has 0 atom stereocenters. The van der Waals surface area contributed by atoms with E-state index in [1.165, 1.54) is 22.1 Å². The van der Waals surface area contributed by atoms with Gasteiger partial charge in [-0.3, -0.25) is 19.8 Å². The number of thiocarbonyl (C=S) groups is 1. The van der Waals surface area contributed by atoms with Crippen LogP contribution in [0.3, 0.4) is 0 Å². The van der Waals surface area contributed by atoms with Crippen molar-refractivity contribution >= 4 is 29.1 Å². The maximum atomic E-state index is 12.5. The van der Waals surface area contributed by atoms with E-state index >= 15 is 0 Å². The highest BCUT2D eigenvalue weighted by Crippen LogP contribution is 2.39. The summed E-state index contributed by atoms with van der Waals surface area (Å²) in [7, 11) is 0. The summed E-state index contributed by atoms with van der Waals surface area (Å²) in [6.45, 7) is 11.1. The molecule has 2 aliphatic heterocycles. The predicted molar refractivity (Wildman–Crippen MR) is 90.6 cm³/mol. The summed E-state index contributed by atoms with van der Waals surface area (Å²) in [4.78, 5) is 26.0. The first-order valence-corrected chi connectivity index (χ1v) is 7.65. The van der Waals surface area contributed by atoms with Crippen molar-refractivity contribution in [3.05, 3.63) is 36.0 Å². The van der Waals surface area contributed by atoms with Crippen LogP contribution in [-0.4, -0.2) is 49.7 Å². The van der Waals surface area contributed by atoms with Gasteiger partial charge in [-0.25, -0.2) is 0 Å².